The summed E-state index contributed by atoms with van der Waals surface area (Å²) in [6.07, 6.45) is 3.55. The molecule has 0 fully saturated rings. The molecule has 1 aromatic heterocycles. The Morgan fingerprint density at radius 2 is 1.84 bits per heavy atom. The van der Waals surface area contributed by atoms with Crippen LogP contribution in [0.1, 0.15) is 35.6 Å². The zero-order chi connectivity index (χ0) is 17.2. The van der Waals surface area contributed by atoms with Crippen LogP contribution in [-0.4, -0.2) is 27.1 Å². The van der Waals surface area contributed by atoms with E-state index in [2.05, 4.69) is 47.6 Å². The highest BCUT2D eigenvalue weighted by molar-refractivity contribution is 5.80. The molecule has 1 aliphatic heterocycles. The molecule has 1 aliphatic rings. The van der Waals surface area contributed by atoms with Crippen LogP contribution < -0.4 is 0 Å². The van der Waals surface area contributed by atoms with Gasteiger partial charge in [0.2, 0.25) is 5.91 Å². The maximum absolute atomic E-state index is 13.0. The van der Waals surface area contributed by atoms with Crippen molar-refractivity contribution < 1.29 is 4.79 Å². The minimum Gasteiger partial charge on any atom is -0.336 e. The summed E-state index contributed by atoms with van der Waals surface area (Å²) < 4.78 is 1.72. The second-order valence-electron chi connectivity index (χ2n) is 6.54. The molecule has 0 N–H and O–H groups in total. The van der Waals surface area contributed by atoms with Gasteiger partial charge in [-0.3, -0.25) is 9.48 Å². The van der Waals surface area contributed by atoms with Crippen molar-refractivity contribution >= 4 is 5.91 Å². The molecule has 25 heavy (non-hydrogen) atoms. The SMILES string of the molecule is C[C@@H](C(=O)N1Cc2ccccc2[C@H](c2ccccc2)C1)n1cccn1. The van der Waals surface area contributed by atoms with Gasteiger partial charge in [-0.2, -0.15) is 5.10 Å². The Bertz CT molecular complexity index is 858. The van der Waals surface area contributed by atoms with Crippen molar-refractivity contribution in [3.05, 3.63) is 89.7 Å². The molecule has 2 aromatic carbocycles. The summed E-state index contributed by atoms with van der Waals surface area (Å²) >= 11 is 0. The molecule has 3 aromatic rings. The van der Waals surface area contributed by atoms with Crippen LogP contribution in [-0.2, 0) is 11.3 Å². The molecule has 0 bridgehead atoms. The zero-order valence-electron chi connectivity index (χ0n) is 14.2. The predicted molar refractivity (Wildman–Crippen MR) is 97.1 cm³/mol. The summed E-state index contributed by atoms with van der Waals surface area (Å²) in [5.41, 5.74) is 3.80. The van der Waals surface area contributed by atoms with Crippen molar-refractivity contribution in [3.8, 4) is 0 Å². The molecule has 4 nitrogen and oxygen atoms in total. The number of nitrogens with zero attached hydrogens (tertiary/aromatic N) is 3. The first kappa shape index (κ1) is 15.6. The first-order valence-electron chi connectivity index (χ1n) is 8.64. The Labute approximate surface area is 147 Å². The lowest BCUT2D eigenvalue weighted by Gasteiger charge is -2.36. The summed E-state index contributed by atoms with van der Waals surface area (Å²) in [6, 6.07) is 20.4. The van der Waals surface area contributed by atoms with Crippen molar-refractivity contribution in [1.82, 2.24) is 14.7 Å². The third-order valence-electron chi connectivity index (χ3n) is 4.99. The second kappa shape index (κ2) is 6.55. The normalized spacial score (nSPS) is 17.8. The van der Waals surface area contributed by atoms with Crippen LogP contribution in [0.15, 0.2) is 73.1 Å². The van der Waals surface area contributed by atoms with Crippen LogP contribution in [0.25, 0.3) is 0 Å². The smallest absolute Gasteiger partial charge is 0.247 e. The van der Waals surface area contributed by atoms with E-state index in [4.69, 9.17) is 0 Å². The predicted octanol–water partition coefficient (Wildman–Crippen LogP) is 3.62. The second-order valence-corrected chi connectivity index (χ2v) is 6.54. The topological polar surface area (TPSA) is 38.1 Å². The average molecular weight is 331 g/mol. The van der Waals surface area contributed by atoms with Crippen LogP contribution in [0.3, 0.4) is 0 Å². The van der Waals surface area contributed by atoms with E-state index in [-0.39, 0.29) is 17.9 Å². The average Bonchev–Trinajstić information content (AvgIpc) is 3.21. The zero-order valence-corrected chi connectivity index (χ0v) is 14.2. The summed E-state index contributed by atoms with van der Waals surface area (Å²) in [7, 11) is 0. The van der Waals surface area contributed by atoms with Gasteiger partial charge in [-0.15, -0.1) is 0 Å². The molecule has 0 spiro atoms. The largest absolute Gasteiger partial charge is 0.336 e. The minimum atomic E-state index is -0.295. The number of aromatic nitrogens is 2. The number of hydrogen-bond acceptors (Lipinski definition) is 2. The van der Waals surface area contributed by atoms with Crippen LogP contribution in [0.2, 0.25) is 0 Å². The molecule has 126 valence electrons. The fraction of sp³-hybridized carbons (Fsp3) is 0.238. The first-order chi connectivity index (χ1) is 12.2. The minimum absolute atomic E-state index is 0.110. The van der Waals surface area contributed by atoms with E-state index in [1.54, 1.807) is 10.9 Å². The fourth-order valence-electron chi connectivity index (χ4n) is 3.63. The van der Waals surface area contributed by atoms with Gasteiger partial charge in [0.05, 0.1) is 0 Å². The van der Waals surface area contributed by atoms with Gasteiger partial charge in [0.25, 0.3) is 0 Å². The van der Waals surface area contributed by atoms with E-state index in [0.717, 1.165) is 0 Å². The van der Waals surface area contributed by atoms with Gasteiger partial charge in [-0.1, -0.05) is 54.6 Å². The maximum Gasteiger partial charge on any atom is 0.247 e. The Morgan fingerprint density at radius 3 is 2.60 bits per heavy atom. The number of benzene rings is 2. The molecule has 0 saturated heterocycles. The fourth-order valence-corrected chi connectivity index (χ4v) is 3.63. The van der Waals surface area contributed by atoms with Crippen molar-refractivity contribution in [3.63, 3.8) is 0 Å². The van der Waals surface area contributed by atoms with Gasteiger partial charge < -0.3 is 4.90 Å². The first-order valence-corrected chi connectivity index (χ1v) is 8.64. The molecule has 2 atom stereocenters. The van der Waals surface area contributed by atoms with E-state index in [9.17, 15) is 4.79 Å². The molecule has 4 rings (SSSR count). The summed E-state index contributed by atoms with van der Waals surface area (Å²) in [4.78, 5) is 15.0. The van der Waals surface area contributed by atoms with Gasteiger partial charge in [0.1, 0.15) is 6.04 Å². The van der Waals surface area contributed by atoms with Gasteiger partial charge in [-0.25, -0.2) is 0 Å². The highest BCUT2D eigenvalue weighted by Crippen LogP contribution is 2.34. The maximum atomic E-state index is 13.0. The number of amides is 1. The van der Waals surface area contributed by atoms with Gasteiger partial charge in [0.15, 0.2) is 0 Å². The third-order valence-corrected chi connectivity index (χ3v) is 4.99. The van der Waals surface area contributed by atoms with Crippen molar-refractivity contribution in [2.24, 2.45) is 0 Å². The Balaban J connectivity index is 1.67. The van der Waals surface area contributed by atoms with Gasteiger partial charge >= 0.3 is 0 Å². The van der Waals surface area contributed by atoms with Crippen LogP contribution in [0.5, 0.6) is 0 Å². The molecule has 0 aliphatic carbocycles. The van der Waals surface area contributed by atoms with E-state index < -0.39 is 0 Å². The lowest BCUT2D eigenvalue weighted by atomic mass is 9.84. The van der Waals surface area contributed by atoms with Crippen LogP contribution >= 0.6 is 0 Å². The number of carbonyl (C=O) groups excluding carboxylic acids is 1. The monoisotopic (exact) mass is 331 g/mol. The lowest BCUT2D eigenvalue weighted by molar-refractivity contribution is -0.135. The molecule has 0 unspecified atom stereocenters. The molecule has 1 amide bonds. The van der Waals surface area contributed by atoms with Crippen molar-refractivity contribution in [2.75, 3.05) is 6.54 Å². The van der Waals surface area contributed by atoms with E-state index >= 15 is 0 Å². The molecule has 0 radical (unpaired) electrons. The summed E-state index contributed by atoms with van der Waals surface area (Å²) in [6.45, 7) is 3.27. The molecular formula is C21H21N3O. The van der Waals surface area contributed by atoms with Gasteiger partial charge in [0, 0.05) is 31.4 Å². The number of fused-ring (bicyclic) bond motifs is 1. The molecule has 2 heterocycles. The van der Waals surface area contributed by atoms with Crippen LogP contribution in [0.4, 0.5) is 0 Å². The van der Waals surface area contributed by atoms with Crippen LogP contribution in [0, 0.1) is 0 Å². The highest BCUT2D eigenvalue weighted by atomic mass is 16.2. The molecular weight excluding hydrogens is 310 g/mol. The Kier molecular flexibility index (Phi) is 4.10. The third kappa shape index (κ3) is 2.95. The quantitative estimate of drug-likeness (QED) is 0.735. The summed E-state index contributed by atoms with van der Waals surface area (Å²) in [5.74, 6) is 0.319. The van der Waals surface area contributed by atoms with E-state index in [1.807, 2.05) is 36.2 Å². The Hall–Kier alpha value is -2.88. The van der Waals surface area contributed by atoms with E-state index in [1.165, 1.54) is 16.7 Å². The van der Waals surface area contributed by atoms with Crippen molar-refractivity contribution in [2.45, 2.75) is 25.4 Å². The lowest BCUT2D eigenvalue weighted by Crippen LogP contribution is -2.41. The summed E-state index contributed by atoms with van der Waals surface area (Å²) in [5, 5.41) is 4.22. The molecule has 0 saturated carbocycles. The van der Waals surface area contributed by atoms with Gasteiger partial charge in [-0.05, 0) is 29.7 Å². The Morgan fingerprint density at radius 1 is 1.08 bits per heavy atom. The molecule has 4 heteroatoms. The number of hydrogen-bond donors (Lipinski definition) is 0. The number of rotatable bonds is 3. The number of carbonyl (C=O) groups is 1. The van der Waals surface area contributed by atoms with E-state index in [0.29, 0.717) is 13.1 Å². The highest BCUT2D eigenvalue weighted by Gasteiger charge is 2.31. The van der Waals surface area contributed by atoms with Crippen molar-refractivity contribution in [1.29, 1.82) is 0 Å². The standard InChI is InChI=1S/C21H21N3O/c1-16(24-13-7-12-22-24)21(25)23-14-18-10-5-6-11-19(18)20(15-23)17-8-3-2-4-9-17/h2-13,16,20H,14-15H2,1H3/t16-,20-/m0/s1.